The van der Waals surface area contributed by atoms with Crippen molar-refractivity contribution in [3.8, 4) is 0 Å². The van der Waals surface area contributed by atoms with Crippen molar-refractivity contribution >= 4 is 17.3 Å². The lowest BCUT2D eigenvalue weighted by Crippen LogP contribution is -2.38. The molecular weight excluding hydrogens is 196 g/mol. The summed E-state index contributed by atoms with van der Waals surface area (Å²) in [5.74, 6) is 0. The SMILES string of the molecule is CC(C)NC(=S)NCc1ccn(C)n1. The number of rotatable bonds is 3. The maximum atomic E-state index is 5.08. The molecule has 0 fully saturated rings. The van der Waals surface area contributed by atoms with Crippen LogP contribution in [0, 0.1) is 0 Å². The molecule has 4 nitrogen and oxygen atoms in total. The molecule has 5 heteroatoms. The zero-order chi connectivity index (χ0) is 10.6. The van der Waals surface area contributed by atoms with Crippen molar-refractivity contribution in [3.63, 3.8) is 0 Å². The van der Waals surface area contributed by atoms with E-state index in [1.807, 2.05) is 19.3 Å². The van der Waals surface area contributed by atoms with Crippen LogP contribution in [0.25, 0.3) is 0 Å². The smallest absolute Gasteiger partial charge is 0.166 e. The van der Waals surface area contributed by atoms with E-state index in [4.69, 9.17) is 12.2 Å². The van der Waals surface area contributed by atoms with Crippen LogP contribution >= 0.6 is 12.2 Å². The predicted octanol–water partition coefficient (Wildman–Crippen LogP) is 0.793. The molecule has 1 aromatic rings. The summed E-state index contributed by atoms with van der Waals surface area (Å²) in [6.45, 7) is 4.77. The maximum absolute atomic E-state index is 5.08. The number of aryl methyl sites for hydroxylation is 1. The summed E-state index contributed by atoms with van der Waals surface area (Å²) in [5.41, 5.74) is 0.986. The molecule has 0 aliphatic heterocycles. The Hall–Kier alpha value is -1.10. The topological polar surface area (TPSA) is 41.9 Å². The highest BCUT2D eigenvalue weighted by molar-refractivity contribution is 7.80. The quantitative estimate of drug-likeness (QED) is 0.727. The van der Waals surface area contributed by atoms with E-state index in [2.05, 4.69) is 29.6 Å². The molecule has 0 aliphatic rings. The number of thiocarbonyl (C=S) groups is 1. The molecule has 0 saturated carbocycles. The average Bonchev–Trinajstić information content (AvgIpc) is 2.47. The minimum atomic E-state index is 0.360. The Morgan fingerprint density at radius 2 is 2.36 bits per heavy atom. The van der Waals surface area contributed by atoms with Gasteiger partial charge in [-0.05, 0) is 32.1 Å². The van der Waals surface area contributed by atoms with Gasteiger partial charge in [-0.15, -0.1) is 0 Å². The molecule has 78 valence electrons. The van der Waals surface area contributed by atoms with Crippen LogP contribution in [0.5, 0.6) is 0 Å². The second kappa shape index (κ2) is 4.95. The van der Waals surface area contributed by atoms with Crippen LogP contribution in [-0.4, -0.2) is 20.9 Å². The molecule has 0 spiro atoms. The Morgan fingerprint density at radius 1 is 1.64 bits per heavy atom. The molecule has 0 unspecified atom stereocenters. The molecule has 0 radical (unpaired) electrons. The van der Waals surface area contributed by atoms with Crippen LogP contribution in [0.4, 0.5) is 0 Å². The van der Waals surface area contributed by atoms with Crippen molar-refractivity contribution in [3.05, 3.63) is 18.0 Å². The van der Waals surface area contributed by atoms with Crippen molar-refractivity contribution in [2.24, 2.45) is 7.05 Å². The molecule has 0 aliphatic carbocycles. The van der Waals surface area contributed by atoms with Crippen LogP contribution in [0.15, 0.2) is 12.3 Å². The van der Waals surface area contributed by atoms with E-state index in [9.17, 15) is 0 Å². The molecule has 14 heavy (non-hydrogen) atoms. The van der Waals surface area contributed by atoms with Crippen LogP contribution in [0.3, 0.4) is 0 Å². The van der Waals surface area contributed by atoms with E-state index in [1.54, 1.807) is 4.68 Å². The van der Waals surface area contributed by atoms with Crippen LogP contribution in [-0.2, 0) is 13.6 Å². The van der Waals surface area contributed by atoms with E-state index in [0.717, 1.165) is 5.69 Å². The van der Waals surface area contributed by atoms with Crippen molar-refractivity contribution in [2.45, 2.75) is 26.4 Å². The molecule has 0 atom stereocenters. The minimum absolute atomic E-state index is 0.360. The summed E-state index contributed by atoms with van der Waals surface area (Å²) in [6.07, 6.45) is 1.91. The second-order valence-electron chi connectivity index (χ2n) is 3.46. The van der Waals surface area contributed by atoms with Gasteiger partial charge in [-0.3, -0.25) is 4.68 Å². The molecule has 0 bridgehead atoms. The van der Waals surface area contributed by atoms with E-state index in [0.29, 0.717) is 17.7 Å². The largest absolute Gasteiger partial charge is 0.361 e. The average molecular weight is 212 g/mol. The van der Waals surface area contributed by atoms with Gasteiger partial charge in [0.15, 0.2) is 5.11 Å². The van der Waals surface area contributed by atoms with Gasteiger partial charge in [0.25, 0.3) is 0 Å². The summed E-state index contributed by atoms with van der Waals surface area (Å²) in [7, 11) is 1.90. The van der Waals surface area contributed by atoms with E-state index < -0.39 is 0 Å². The Labute approximate surface area is 89.7 Å². The number of nitrogens with zero attached hydrogens (tertiary/aromatic N) is 2. The maximum Gasteiger partial charge on any atom is 0.166 e. The first-order valence-corrected chi connectivity index (χ1v) is 5.01. The first kappa shape index (κ1) is 11.0. The summed E-state index contributed by atoms with van der Waals surface area (Å²) < 4.78 is 1.77. The Balaban J connectivity index is 2.30. The van der Waals surface area contributed by atoms with Crippen molar-refractivity contribution in [2.75, 3.05) is 0 Å². The molecule has 2 N–H and O–H groups in total. The van der Waals surface area contributed by atoms with Gasteiger partial charge in [-0.25, -0.2) is 0 Å². The highest BCUT2D eigenvalue weighted by atomic mass is 32.1. The van der Waals surface area contributed by atoms with E-state index in [-0.39, 0.29) is 0 Å². The number of hydrogen-bond acceptors (Lipinski definition) is 2. The monoisotopic (exact) mass is 212 g/mol. The molecule has 0 amide bonds. The predicted molar refractivity (Wildman–Crippen MR) is 60.9 cm³/mol. The summed E-state index contributed by atoms with van der Waals surface area (Å²) in [6, 6.07) is 2.32. The van der Waals surface area contributed by atoms with Crippen molar-refractivity contribution < 1.29 is 0 Å². The van der Waals surface area contributed by atoms with Gasteiger partial charge in [0.05, 0.1) is 12.2 Å². The number of hydrogen-bond donors (Lipinski definition) is 2. The van der Waals surface area contributed by atoms with Crippen LogP contribution in [0.1, 0.15) is 19.5 Å². The van der Waals surface area contributed by atoms with Crippen molar-refractivity contribution in [1.29, 1.82) is 0 Å². The lowest BCUT2D eigenvalue weighted by atomic mass is 10.4. The first-order valence-electron chi connectivity index (χ1n) is 4.61. The Bertz CT molecular complexity index is 306. The molecular formula is C9H16N4S. The third-order valence-corrected chi connectivity index (χ3v) is 1.88. The minimum Gasteiger partial charge on any atom is -0.361 e. The summed E-state index contributed by atoms with van der Waals surface area (Å²) >= 11 is 5.08. The fourth-order valence-electron chi connectivity index (χ4n) is 1.04. The van der Waals surface area contributed by atoms with Gasteiger partial charge in [0.1, 0.15) is 0 Å². The second-order valence-corrected chi connectivity index (χ2v) is 3.87. The van der Waals surface area contributed by atoms with Gasteiger partial charge in [-0.2, -0.15) is 5.10 Å². The summed E-state index contributed by atoms with van der Waals surface area (Å²) in [4.78, 5) is 0. The Kier molecular flexibility index (Phi) is 3.88. The highest BCUT2D eigenvalue weighted by Crippen LogP contribution is 1.92. The van der Waals surface area contributed by atoms with E-state index in [1.165, 1.54) is 0 Å². The molecule has 1 heterocycles. The zero-order valence-electron chi connectivity index (χ0n) is 8.74. The molecule has 1 rings (SSSR count). The third kappa shape index (κ3) is 3.74. The molecule has 1 aromatic heterocycles. The van der Waals surface area contributed by atoms with Gasteiger partial charge in [-0.1, -0.05) is 0 Å². The van der Waals surface area contributed by atoms with Gasteiger partial charge < -0.3 is 10.6 Å². The first-order chi connectivity index (χ1) is 6.58. The van der Waals surface area contributed by atoms with Crippen molar-refractivity contribution in [1.82, 2.24) is 20.4 Å². The standard InChI is InChI=1S/C9H16N4S/c1-7(2)11-9(14)10-6-8-4-5-13(3)12-8/h4-5,7H,6H2,1-3H3,(H2,10,11,14). The molecule has 0 saturated heterocycles. The number of aromatic nitrogens is 2. The normalized spacial score (nSPS) is 10.3. The van der Waals surface area contributed by atoms with Gasteiger partial charge in [0.2, 0.25) is 0 Å². The fraction of sp³-hybridized carbons (Fsp3) is 0.556. The zero-order valence-corrected chi connectivity index (χ0v) is 9.56. The van der Waals surface area contributed by atoms with Gasteiger partial charge >= 0.3 is 0 Å². The van der Waals surface area contributed by atoms with E-state index >= 15 is 0 Å². The van der Waals surface area contributed by atoms with Gasteiger partial charge in [0, 0.05) is 19.3 Å². The molecule has 0 aromatic carbocycles. The lowest BCUT2D eigenvalue weighted by Gasteiger charge is -2.11. The van der Waals surface area contributed by atoms with Crippen LogP contribution < -0.4 is 10.6 Å². The fourth-order valence-corrected chi connectivity index (χ4v) is 1.35. The Morgan fingerprint density at radius 3 is 2.86 bits per heavy atom. The lowest BCUT2D eigenvalue weighted by molar-refractivity contribution is 0.697. The summed E-state index contributed by atoms with van der Waals surface area (Å²) in [5, 5.41) is 11.1. The highest BCUT2D eigenvalue weighted by Gasteiger charge is 1.99. The third-order valence-electron chi connectivity index (χ3n) is 1.62. The van der Waals surface area contributed by atoms with Crippen LogP contribution in [0.2, 0.25) is 0 Å². The number of nitrogens with one attached hydrogen (secondary N) is 2.